The molecule has 148 valence electrons. The van der Waals surface area contributed by atoms with Gasteiger partial charge in [-0.2, -0.15) is 0 Å². The second-order valence-electron chi connectivity index (χ2n) is 6.28. The van der Waals surface area contributed by atoms with Crippen molar-refractivity contribution in [3.63, 3.8) is 0 Å². The second kappa shape index (κ2) is 7.30. The molecule has 2 aromatic carbocycles. The zero-order valence-electron chi connectivity index (χ0n) is 14.8. The number of hydrogen-bond acceptors (Lipinski definition) is 6. The minimum absolute atomic E-state index is 0.0294. The van der Waals surface area contributed by atoms with Gasteiger partial charge >= 0.3 is 0 Å². The highest BCUT2D eigenvalue weighted by Crippen LogP contribution is 2.30. The van der Waals surface area contributed by atoms with Gasteiger partial charge in [0.1, 0.15) is 17.1 Å². The number of anilines is 1. The molecule has 0 saturated heterocycles. The Morgan fingerprint density at radius 2 is 1.93 bits per heavy atom. The molecule has 1 aliphatic rings. The summed E-state index contributed by atoms with van der Waals surface area (Å²) < 4.78 is 27.2. The van der Waals surface area contributed by atoms with Gasteiger partial charge in [0, 0.05) is 10.7 Å². The summed E-state index contributed by atoms with van der Waals surface area (Å²) in [4.78, 5) is 24.6. The molecule has 0 unspecified atom stereocenters. The average Bonchev–Trinajstić information content (AvgIpc) is 3.19. The number of carbonyl (C=O) groups excluding carboxylic acids is 2. The third-order valence-electron chi connectivity index (χ3n) is 4.22. The molecule has 0 radical (unpaired) electrons. The summed E-state index contributed by atoms with van der Waals surface area (Å²) in [6.45, 7) is -0.411. The largest absolute Gasteiger partial charge is 0.324 e. The lowest BCUT2D eigenvalue weighted by molar-refractivity contribution is -0.116. The molecule has 0 spiro atoms. The Morgan fingerprint density at radius 1 is 1.14 bits per heavy atom. The van der Waals surface area contributed by atoms with Gasteiger partial charge in [0.15, 0.2) is 0 Å². The molecular formula is C18H14ClN5O4S. The number of amides is 2. The zero-order valence-corrected chi connectivity index (χ0v) is 16.4. The van der Waals surface area contributed by atoms with Crippen LogP contribution in [-0.4, -0.2) is 39.5 Å². The molecule has 0 fully saturated rings. The minimum Gasteiger partial charge on any atom is -0.324 e. The van der Waals surface area contributed by atoms with Crippen LogP contribution in [0.5, 0.6) is 0 Å². The first-order chi connectivity index (χ1) is 13.8. The van der Waals surface area contributed by atoms with Gasteiger partial charge in [-0.15, -0.1) is 5.10 Å². The van der Waals surface area contributed by atoms with Gasteiger partial charge in [-0.1, -0.05) is 35.0 Å². The van der Waals surface area contributed by atoms with Crippen LogP contribution >= 0.6 is 11.6 Å². The van der Waals surface area contributed by atoms with E-state index in [9.17, 15) is 18.0 Å². The summed E-state index contributed by atoms with van der Waals surface area (Å²) in [5.74, 6) is -0.977. The van der Waals surface area contributed by atoms with E-state index in [1.807, 2.05) is 0 Å². The van der Waals surface area contributed by atoms with Gasteiger partial charge in [0.2, 0.25) is 5.91 Å². The Balaban J connectivity index is 1.45. The monoisotopic (exact) mass is 431 g/mol. The Hall–Kier alpha value is -3.24. The van der Waals surface area contributed by atoms with E-state index in [1.54, 1.807) is 36.4 Å². The first kappa shape index (κ1) is 19.1. The highest BCUT2D eigenvalue weighted by Gasteiger charge is 2.41. The summed E-state index contributed by atoms with van der Waals surface area (Å²) in [5, 5.41) is 10.9. The molecule has 4 rings (SSSR count). The van der Waals surface area contributed by atoms with Crippen molar-refractivity contribution in [2.75, 3.05) is 5.32 Å². The first-order valence-corrected chi connectivity index (χ1v) is 10.3. The van der Waals surface area contributed by atoms with E-state index < -0.39 is 15.9 Å². The van der Waals surface area contributed by atoms with Crippen LogP contribution in [0.15, 0.2) is 59.6 Å². The summed E-state index contributed by atoms with van der Waals surface area (Å²) in [6, 6.07) is 12.7. The maximum Gasteiger partial charge on any atom is 0.269 e. The highest BCUT2D eigenvalue weighted by molar-refractivity contribution is 7.90. The SMILES string of the molecule is O=C(Cn1cc(CN2C(=O)c3ccccc3S2(=O)=O)nn1)Nc1cccc(Cl)c1. The number of carbonyl (C=O) groups is 2. The molecule has 0 bridgehead atoms. The predicted octanol–water partition coefficient (Wildman–Crippen LogP) is 1.91. The van der Waals surface area contributed by atoms with E-state index in [2.05, 4.69) is 15.6 Å². The molecule has 1 aromatic heterocycles. The van der Waals surface area contributed by atoms with Gasteiger partial charge in [0.05, 0.1) is 18.3 Å². The summed E-state index contributed by atoms with van der Waals surface area (Å²) in [7, 11) is -3.94. The maximum atomic E-state index is 12.6. The molecule has 0 aliphatic carbocycles. The van der Waals surface area contributed by atoms with E-state index in [4.69, 9.17) is 11.6 Å². The van der Waals surface area contributed by atoms with Crippen LogP contribution in [0.4, 0.5) is 5.69 Å². The molecule has 11 heteroatoms. The van der Waals surface area contributed by atoms with Gasteiger partial charge in [-0.3, -0.25) is 9.59 Å². The van der Waals surface area contributed by atoms with Crippen molar-refractivity contribution in [2.24, 2.45) is 0 Å². The molecule has 0 atom stereocenters. The fraction of sp³-hybridized carbons (Fsp3) is 0.111. The van der Waals surface area contributed by atoms with Gasteiger partial charge in [-0.05, 0) is 30.3 Å². The van der Waals surface area contributed by atoms with Crippen LogP contribution in [0, 0.1) is 0 Å². The Morgan fingerprint density at radius 3 is 2.69 bits per heavy atom. The van der Waals surface area contributed by atoms with Crippen molar-refractivity contribution in [1.82, 2.24) is 19.3 Å². The Labute approximate surface area is 170 Å². The zero-order chi connectivity index (χ0) is 20.6. The summed E-state index contributed by atoms with van der Waals surface area (Å²) in [5.41, 5.74) is 0.903. The Bertz CT molecular complexity index is 1220. The van der Waals surface area contributed by atoms with E-state index in [-0.39, 0.29) is 35.1 Å². The van der Waals surface area contributed by atoms with E-state index >= 15 is 0 Å². The number of hydrogen-bond donors (Lipinski definition) is 1. The number of sulfonamides is 1. The third-order valence-corrected chi connectivity index (χ3v) is 6.24. The van der Waals surface area contributed by atoms with Crippen LogP contribution < -0.4 is 5.32 Å². The van der Waals surface area contributed by atoms with Crippen LogP contribution in [-0.2, 0) is 27.9 Å². The number of nitrogens with zero attached hydrogens (tertiary/aromatic N) is 4. The van der Waals surface area contributed by atoms with Crippen LogP contribution in [0.3, 0.4) is 0 Å². The van der Waals surface area contributed by atoms with E-state index in [1.165, 1.54) is 23.0 Å². The lowest BCUT2D eigenvalue weighted by Gasteiger charge is -2.12. The van der Waals surface area contributed by atoms with Crippen molar-refractivity contribution in [2.45, 2.75) is 18.0 Å². The molecule has 0 saturated carbocycles. The van der Waals surface area contributed by atoms with Gasteiger partial charge in [0.25, 0.3) is 15.9 Å². The summed E-state index contributed by atoms with van der Waals surface area (Å²) in [6.07, 6.45) is 1.42. The van der Waals surface area contributed by atoms with Gasteiger partial charge < -0.3 is 5.32 Å². The molecule has 2 amide bonds. The molecule has 1 aliphatic heterocycles. The predicted molar refractivity (Wildman–Crippen MR) is 104 cm³/mol. The minimum atomic E-state index is -3.94. The fourth-order valence-electron chi connectivity index (χ4n) is 2.94. The highest BCUT2D eigenvalue weighted by atomic mass is 35.5. The number of benzene rings is 2. The average molecular weight is 432 g/mol. The molecule has 3 aromatic rings. The first-order valence-electron chi connectivity index (χ1n) is 8.45. The topological polar surface area (TPSA) is 114 Å². The molecule has 1 N–H and O–H groups in total. The fourth-order valence-corrected chi connectivity index (χ4v) is 4.67. The number of rotatable bonds is 5. The van der Waals surface area contributed by atoms with E-state index in [0.717, 1.165) is 4.31 Å². The van der Waals surface area contributed by atoms with Crippen LogP contribution in [0.25, 0.3) is 0 Å². The lowest BCUT2D eigenvalue weighted by Crippen LogP contribution is -2.29. The smallest absolute Gasteiger partial charge is 0.269 e. The van der Waals surface area contributed by atoms with Crippen molar-refractivity contribution in [3.05, 3.63) is 71.0 Å². The Kier molecular flexibility index (Phi) is 4.81. The number of nitrogens with one attached hydrogen (secondary N) is 1. The van der Waals surface area contributed by atoms with Crippen molar-refractivity contribution in [1.29, 1.82) is 0 Å². The van der Waals surface area contributed by atoms with Crippen molar-refractivity contribution < 1.29 is 18.0 Å². The van der Waals surface area contributed by atoms with Crippen LogP contribution in [0.1, 0.15) is 16.1 Å². The maximum absolute atomic E-state index is 12.6. The lowest BCUT2D eigenvalue weighted by atomic mass is 10.2. The molecule has 29 heavy (non-hydrogen) atoms. The van der Waals surface area contributed by atoms with Crippen molar-refractivity contribution in [3.8, 4) is 0 Å². The summed E-state index contributed by atoms with van der Waals surface area (Å²) >= 11 is 5.88. The molecule has 9 nitrogen and oxygen atoms in total. The number of aromatic nitrogens is 3. The molecule has 2 heterocycles. The third kappa shape index (κ3) is 3.71. The standard InChI is InChI=1S/C18H14ClN5O4S/c19-12-4-3-5-13(8-12)20-17(25)11-23-9-14(21-22-23)10-24-18(26)15-6-1-2-7-16(15)29(24,27)28/h1-9H,10-11H2,(H,20,25). The number of fused-ring (bicyclic) bond motifs is 1. The second-order valence-corrected chi connectivity index (χ2v) is 8.55. The van der Waals surface area contributed by atoms with Crippen LogP contribution in [0.2, 0.25) is 5.02 Å². The number of halogens is 1. The quantitative estimate of drug-likeness (QED) is 0.660. The van der Waals surface area contributed by atoms with Gasteiger partial charge in [-0.25, -0.2) is 17.4 Å². The normalized spacial score (nSPS) is 14.7. The molecular weight excluding hydrogens is 418 g/mol. The van der Waals surface area contributed by atoms with E-state index in [0.29, 0.717) is 10.7 Å². The van der Waals surface area contributed by atoms with Crippen molar-refractivity contribution >= 4 is 39.1 Å².